The molecule has 1 heterocycles. The van der Waals surface area contributed by atoms with Gasteiger partial charge in [0.2, 0.25) is 11.7 Å². The zero-order chi connectivity index (χ0) is 30.8. The van der Waals surface area contributed by atoms with Gasteiger partial charge in [0.05, 0.1) is 17.6 Å². The molecule has 0 radical (unpaired) electrons. The fourth-order valence-electron chi connectivity index (χ4n) is 7.09. The number of nitrogens with zero attached hydrogens (tertiary/aromatic N) is 2. The van der Waals surface area contributed by atoms with Crippen LogP contribution < -0.4 is 21.3 Å². The van der Waals surface area contributed by atoms with Crippen LogP contribution in [0.2, 0.25) is 0 Å². The Hall–Kier alpha value is -3.94. The lowest BCUT2D eigenvalue weighted by atomic mass is 9.57. The molecule has 2 amide bonds. The number of aromatic hydroxyl groups is 1. The summed E-state index contributed by atoms with van der Waals surface area (Å²) in [5.74, 6) is -7.23. The number of hydrogen-bond acceptors (Lipinski definition) is 11. The van der Waals surface area contributed by atoms with Gasteiger partial charge < -0.3 is 41.7 Å². The van der Waals surface area contributed by atoms with E-state index in [4.69, 9.17) is 5.73 Å². The number of aliphatic hydroxyl groups is 3. The molecule has 1 aliphatic heterocycles. The minimum atomic E-state index is -2.70. The van der Waals surface area contributed by atoms with E-state index in [0.717, 1.165) is 13.0 Å². The van der Waals surface area contributed by atoms with Crippen molar-refractivity contribution < 1.29 is 39.6 Å². The van der Waals surface area contributed by atoms with Crippen molar-refractivity contribution in [3.8, 4) is 5.75 Å². The highest BCUT2D eigenvalue weighted by Crippen LogP contribution is 2.54. The molecule has 226 valence electrons. The van der Waals surface area contributed by atoms with Gasteiger partial charge in [0.1, 0.15) is 22.8 Å². The number of rotatable bonds is 6. The van der Waals surface area contributed by atoms with E-state index in [9.17, 15) is 39.6 Å². The van der Waals surface area contributed by atoms with Gasteiger partial charge in [-0.1, -0.05) is 0 Å². The second kappa shape index (κ2) is 10.4. The molecular weight excluding hydrogens is 546 g/mol. The molecule has 5 rings (SSSR count). The molecule has 1 aromatic carbocycles. The Morgan fingerprint density at radius 3 is 2.43 bits per heavy atom. The third-order valence-corrected chi connectivity index (χ3v) is 9.09. The van der Waals surface area contributed by atoms with E-state index < -0.39 is 58.0 Å². The fourth-order valence-corrected chi connectivity index (χ4v) is 7.09. The number of fused-ring (bicyclic) bond motifs is 3. The quantitative estimate of drug-likeness (QED) is 0.211. The number of hydrogen-bond donors (Lipinski definition) is 7. The second-order valence-electron chi connectivity index (χ2n) is 12.0. The van der Waals surface area contributed by atoms with Crippen LogP contribution in [-0.4, -0.2) is 101 Å². The predicted octanol–water partition coefficient (Wildman–Crippen LogP) is -0.602. The summed E-state index contributed by atoms with van der Waals surface area (Å²) in [6, 6.07) is 0.239. The minimum absolute atomic E-state index is 0.00555. The summed E-state index contributed by atoms with van der Waals surface area (Å²) in [6.45, 7) is 0.701. The standard InChI is InChI=1S/C29H37N5O8/c1-33(2)17-10-13(11-32-28(41)16-6-5-7-31-16)22(35)19-14(17)8-12-9-15-21(34(3)4)24(37)20(27(30)40)26(39)29(15,42)25(38)18(12)23(19)36/h10,12,15-16,21,31,35-36,39,42H,5-9,11H2,1-4H3,(H2,30,40)(H,32,41). The number of aliphatic hydroxyl groups excluding tert-OH is 2. The van der Waals surface area contributed by atoms with Gasteiger partial charge in [-0.05, 0) is 63.9 Å². The van der Waals surface area contributed by atoms with E-state index >= 15 is 0 Å². The maximum Gasteiger partial charge on any atom is 0.255 e. The molecule has 1 aromatic rings. The van der Waals surface area contributed by atoms with Gasteiger partial charge in [-0.15, -0.1) is 0 Å². The Bertz CT molecular complexity index is 1460. The van der Waals surface area contributed by atoms with Crippen LogP contribution in [0.5, 0.6) is 5.75 Å². The van der Waals surface area contributed by atoms with Crippen molar-refractivity contribution in [1.82, 2.24) is 15.5 Å². The highest BCUT2D eigenvalue weighted by molar-refractivity contribution is 6.24. The minimum Gasteiger partial charge on any atom is -0.508 e. The lowest BCUT2D eigenvalue weighted by Gasteiger charge is -2.50. The first-order valence-electron chi connectivity index (χ1n) is 13.9. The molecule has 1 saturated carbocycles. The number of carbonyl (C=O) groups is 4. The van der Waals surface area contributed by atoms with Gasteiger partial charge in [0.15, 0.2) is 11.4 Å². The molecule has 5 unspecified atom stereocenters. The van der Waals surface area contributed by atoms with E-state index in [2.05, 4.69) is 10.6 Å². The highest BCUT2D eigenvalue weighted by atomic mass is 16.3. The van der Waals surface area contributed by atoms with Crippen molar-refractivity contribution >= 4 is 34.8 Å². The van der Waals surface area contributed by atoms with Crippen LogP contribution in [0.4, 0.5) is 5.69 Å². The fraction of sp³-hybridized carbons (Fsp3) is 0.517. The maximum absolute atomic E-state index is 14.1. The van der Waals surface area contributed by atoms with E-state index in [0.29, 0.717) is 23.2 Å². The monoisotopic (exact) mass is 583 g/mol. The summed E-state index contributed by atoms with van der Waals surface area (Å²) in [6.07, 6.45) is 1.76. The van der Waals surface area contributed by atoms with Crippen molar-refractivity contribution in [2.24, 2.45) is 17.6 Å². The molecule has 0 aromatic heterocycles. The predicted molar refractivity (Wildman–Crippen MR) is 151 cm³/mol. The summed E-state index contributed by atoms with van der Waals surface area (Å²) in [5, 5.41) is 51.7. The molecule has 0 bridgehead atoms. The Labute approximate surface area is 242 Å². The number of anilines is 1. The molecular formula is C29H37N5O8. The number of benzene rings is 1. The van der Waals surface area contributed by atoms with Crippen LogP contribution in [-0.2, 0) is 32.1 Å². The normalized spacial score (nSPS) is 28.9. The van der Waals surface area contributed by atoms with Gasteiger partial charge in [0, 0.05) is 43.4 Å². The number of carbonyl (C=O) groups excluding carboxylic acids is 4. The Morgan fingerprint density at radius 2 is 1.86 bits per heavy atom. The van der Waals surface area contributed by atoms with E-state index in [1.807, 2.05) is 0 Å². The number of phenolic OH excluding ortho intramolecular Hbond substituents is 1. The second-order valence-corrected chi connectivity index (χ2v) is 12.0. The SMILES string of the molecule is CN(C)c1cc(CNC(=O)C2CCCN2)c(O)c2c1CC1CC3C(N(C)C)C(=O)C(C(N)=O)=C(O)C3(O)C(=O)C1=C2O. The Balaban J connectivity index is 1.63. The van der Waals surface area contributed by atoms with Crippen molar-refractivity contribution in [2.45, 2.75) is 49.9 Å². The Kier molecular flexibility index (Phi) is 7.32. The van der Waals surface area contributed by atoms with Crippen LogP contribution in [0, 0.1) is 11.8 Å². The first-order chi connectivity index (χ1) is 19.7. The van der Waals surface area contributed by atoms with E-state index in [1.54, 1.807) is 39.2 Å². The number of amides is 2. The first kappa shape index (κ1) is 29.5. The topological polar surface area (TPSA) is 206 Å². The lowest BCUT2D eigenvalue weighted by Crippen LogP contribution is -2.65. The number of primary amides is 1. The zero-order valence-corrected chi connectivity index (χ0v) is 24.0. The summed E-state index contributed by atoms with van der Waals surface area (Å²) >= 11 is 0. The number of nitrogens with one attached hydrogen (secondary N) is 2. The third kappa shape index (κ3) is 4.26. The summed E-state index contributed by atoms with van der Waals surface area (Å²) in [5.41, 5.74) is 3.09. The molecule has 13 heteroatoms. The molecule has 0 spiro atoms. The van der Waals surface area contributed by atoms with Crippen LogP contribution in [0.3, 0.4) is 0 Å². The lowest BCUT2D eigenvalue weighted by molar-refractivity contribution is -0.153. The molecule has 8 N–H and O–H groups in total. The first-order valence-corrected chi connectivity index (χ1v) is 13.9. The summed E-state index contributed by atoms with van der Waals surface area (Å²) in [4.78, 5) is 55.4. The molecule has 2 fully saturated rings. The van der Waals surface area contributed by atoms with Crippen LogP contribution in [0.25, 0.3) is 5.76 Å². The van der Waals surface area contributed by atoms with Gasteiger partial charge in [0.25, 0.3) is 5.91 Å². The molecule has 3 aliphatic carbocycles. The number of phenols is 1. The smallest absolute Gasteiger partial charge is 0.255 e. The average molecular weight is 584 g/mol. The number of likely N-dealkylation sites (N-methyl/N-ethyl adjacent to an activating group) is 1. The molecule has 4 aliphatic rings. The van der Waals surface area contributed by atoms with Crippen LogP contribution in [0.15, 0.2) is 23.0 Å². The van der Waals surface area contributed by atoms with Gasteiger partial charge in [-0.2, -0.15) is 0 Å². The number of nitrogens with two attached hydrogens (primary N) is 1. The van der Waals surface area contributed by atoms with Crippen molar-refractivity contribution in [3.05, 3.63) is 39.7 Å². The van der Waals surface area contributed by atoms with E-state index in [-0.39, 0.29) is 48.2 Å². The summed E-state index contributed by atoms with van der Waals surface area (Å²) < 4.78 is 0. The Morgan fingerprint density at radius 1 is 1.17 bits per heavy atom. The van der Waals surface area contributed by atoms with Crippen molar-refractivity contribution in [1.29, 1.82) is 0 Å². The number of ketones is 2. The largest absolute Gasteiger partial charge is 0.508 e. The van der Waals surface area contributed by atoms with Crippen molar-refractivity contribution in [3.63, 3.8) is 0 Å². The molecule has 5 atom stereocenters. The maximum atomic E-state index is 14.1. The zero-order valence-electron chi connectivity index (χ0n) is 24.0. The van der Waals surface area contributed by atoms with Gasteiger partial charge in [-0.25, -0.2) is 0 Å². The summed E-state index contributed by atoms with van der Waals surface area (Å²) in [7, 11) is 6.68. The third-order valence-electron chi connectivity index (χ3n) is 9.09. The molecule has 1 saturated heterocycles. The highest BCUT2D eigenvalue weighted by Gasteiger charge is 2.64. The van der Waals surface area contributed by atoms with Crippen LogP contribution in [0.1, 0.15) is 36.0 Å². The van der Waals surface area contributed by atoms with Gasteiger partial charge >= 0.3 is 0 Å². The molecule has 13 nitrogen and oxygen atoms in total. The average Bonchev–Trinajstić information content (AvgIpc) is 3.45. The number of Topliss-reactive ketones (excluding diaryl/α,β-unsaturated/α-hetero) is 2. The van der Waals surface area contributed by atoms with Gasteiger partial charge in [-0.3, -0.25) is 24.1 Å². The van der Waals surface area contributed by atoms with E-state index in [1.165, 1.54) is 4.90 Å². The molecule has 42 heavy (non-hydrogen) atoms. The van der Waals surface area contributed by atoms with Crippen LogP contribution >= 0.6 is 0 Å². The van der Waals surface area contributed by atoms with Crippen molar-refractivity contribution in [2.75, 3.05) is 39.6 Å².